The van der Waals surface area contributed by atoms with Crippen LogP contribution in [0.3, 0.4) is 0 Å². The van der Waals surface area contributed by atoms with Gasteiger partial charge in [-0.3, -0.25) is 19.3 Å². The summed E-state index contributed by atoms with van der Waals surface area (Å²) in [6, 6.07) is 4.92. The number of methoxy groups -OCH3 is 1. The highest BCUT2D eigenvalue weighted by molar-refractivity contribution is 5.84. The van der Waals surface area contributed by atoms with E-state index in [9.17, 15) is 18.8 Å². The minimum atomic E-state index is -0.654. The number of benzene rings is 1. The van der Waals surface area contributed by atoms with Crippen LogP contribution in [0.15, 0.2) is 24.3 Å². The van der Waals surface area contributed by atoms with Crippen molar-refractivity contribution in [3.63, 3.8) is 0 Å². The molecule has 0 spiro atoms. The fraction of sp³-hybridized carbons (Fsp3) is 0.526. The highest BCUT2D eigenvalue weighted by atomic mass is 19.1. The fourth-order valence-electron chi connectivity index (χ4n) is 3.47. The Balaban J connectivity index is 2.17. The Morgan fingerprint density at radius 2 is 2.00 bits per heavy atom. The second-order valence-corrected chi connectivity index (χ2v) is 6.36. The molecule has 0 aromatic heterocycles. The van der Waals surface area contributed by atoms with Crippen molar-refractivity contribution in [1.29, 1.82) is 0 Å². The predicted molar refractivity (Wildman–Crippen MR) is 95.1 cm³/mol. The number of ether oxygens (including phenoxy) is 2. The molecule has 0 saturated carbocycles. The van der Waals surface area contributed by atoms with E-state index in [2.05, 4.69) is 5.32 Å². The van der Waals surface area contributed by atoms with Gasteiger partial charge in [0.25, 0.3) is 0 Å². The van der Waals surface area contributed by atoms with E-state index in [0.29, 0.717) is 5.56 Å². The summed E-state index contributed by atoms with van der Waals surface area (Å²) in [6.45, 7) is 2.10. The first-order chi connectivity index (χ1) is 12.9. The van der Waals surface area contributed by atoms with E-state index in [1.54, 1.807) is 37.1 Å². The molecule has 1 aliphatic heterocycles. The van der Waals surface area contributed by atoms with Crippen LogP contribution in [0, 0.1) is 11.7 Å². The molecule has 7 nitrogen and oxygen atoms in total. The number of rotatable bonds is 7. The summed E-state index contributed by atoms with van der Waals surface area (Å²) < 4.78 is 24.0. The van der Waals surface area contributed by atoms with Gasteiger partial charge < -0.3 is 14.8 Å². The molecule has 1 saturated heterocycles. The number of nitrogens with one attached hydrogen (secondary N) is 1. The van der Waals surface area contributed by atoms with Crippen LogP contribution in [0.5, 0.6) is 0 Å². The van der Waals surface area contributed by atoms with Gasteiger partial charge in [-0.25, -0.2) is 4.39 Å². The van der Waals surface area contributed by atoms with Crippen LogP contribution in [0.1, 0.15) is 31.4 Å². The molecule has 8 heteroatoms. The van der Waals surface area contributed by atoms with Gasteiger partial charge in [0.05, 0.1) is 26.1 Å². The third-order valence-corrected chi connectivity index (χ3v) is 4.76. The van der Waals surface area contributed by atoms with Crippen molar-refractivity contribution in [3.05, 3.63) is 35.6 Å². The van der Waals surface area contributed by atoms with Gasteiger partial charge in [-0.15, -0.1) is 0 Å². The van der Waals surface area contributed by atoms with Crippen LogP contribution in [0.2, 0.25) is 0 Å². The number of carbonyl (C=O) groups is 3. The molecule has 0 aliphatic carbocycles. The number of nitrogens with zero attached hydrogens (tertiary/aromatic N) is 1. The van der Waals surface area contributed by atoms with E-state index >= 15 is 0 Å². The number of hydrogen-bond donors (Lipinski definition) is 1. The Morgan fingerprint density at radius 1 is 1.30 bits per heavy atom. The van der Waals surface area contributed by atoms with Gasteiger partial charge in [0.15, 0.2) is 0 Å². The first kappa shape index (κ1) is 20.8. The SMILES string of the molecule is CCOC(=O)CCNC(=O)[C@H]1C[C@@H](C(=O)OC)N(C)[C@H]1c1ccccc1F. The number of likely N-dealkylation sites (tertiary alicyclic amines) is 1. The number of carbonyl (C=O) groups excluding carboxylic acids is 3. The Hall–Kier alpha value is -2.48. The molecule has 0 radical (unpaired) electrons. The first-order valence-corrected chi connectivity index (χ1v) is 8.88. The van der Waals surface area contributed by atoms with Crippen molar-refractivity contribution < 1.29 is 28.2 Å². The molecule has 1 aromatic rings. The maximum atomic E-state index is 14.4. The molecule has 1 amide bonds. The second kappa shape index (κ2) is 9.45. The molecule has 1 heterocycles. The van der Waals surface area contributed by atoms with Crippen molar-refractivity contribution in [3.8, 4) is 0 Å². The normalized spacial score (nSPS) is 22.3. The molecule has 1 N–H and O–H groups in total. The zero-order chi connectivity index (χ0) is 20.0. The van der Waals surface area contributed by atoms with Gasteiger partial charge in [-0.2, -0.15) is 0 Å². The lowest BCUT2D eigenvalue weighted by molar-refractivity contribution is -0.146. The summed E-state index contributed by atoms with van der Waals surface area (Å²) in [6.07, 6.45) is 0.250. The molecular formula is C19H25FN2O5. The van der Waals surface area contributed by atoms with Gasteiger partial charge in [-0.05, 0) is 26.5 Å². The number of hydrogen-bond acceptors (Lipinski definition) is 6. The van der Waals surface area contributed by atoms with Gasteiger partial charge in [0.2, 0.25) is 5.91 Å². The Bertz CT molecular complexity index is 696. The lowest BCUT2D eigenvalue weighted by atomic mass is 9.92. The molecule has 1 fully saturated rings. The Labute approximate surface area is 157 Å². The first-order valence-electron chi connectivity index (χ1n) is 8.88. The van der Waals surface area contributed by atoms with Crippen LogP contribution in [-0.2, 0) is 23.9 Å². The highest BCUT2D eigenvalue weighted by Gasteiger charge is 2.47. The largest absolute Gasteiger partial charge is 0.468 e. The number of likely N-dealkylation sites (N-methyl/N-ethyl adjacent to an activating group) is 1. The van der Waals surface area contributed by atoms with E-state index in [-0.39, 0.29) is 31.9 Å². The van der Waals surface area contributed by atoms with Gasteiger partial charge in [0, 0.05) is 18.2 Å². The fourth-order valence-corrected chi connectivity index (χ4v) is 3.47. The molecule has 1 aromatic carbocycles. The van der Waals surface area contributed by atoms with E-state index in [1.165, 1.54) is 13.2 Å². The van der Waals surface area contributed by atoms with Gasteiger partial charge in [0.1, 0.15) is 11.9 Å². The summed E-state index contributed by atoms with van der Waals surface area (Å²) in [5, 5.41) is 2.69. The minimum absolute atomic E-state index is 0.0485. The van der Waals surface area contributed by atoms with Crippen molar-refractivity contribution in [2.75, 3.05) is 27.3 Å². The zero-order valence-electron chi connectivity index (χ0n) is 15.7. The van der Waals surface area contributed by atoms with Crippen molar-refractivity contribution in [1.82, 2.24) is 10.2 Å². The quantitative estimate of drug-likeness (QED) is 0.721. The molecule has 0 unspecified atom stereocenters. The van der Waals surface area contributed by atoms with Crippen molar-refractivity contribution in [2.45, 2.75) is 31.8 Å². The molecule has 148 valence electrons. The van der Waals surface area contributed by atoms with E-state index in [4.69, 9.17) is 9.47 Å². The Morgan fingerprint density at radius 3 is 2.63 bits per heavy atom. The van der Waals surface area contributed by atoms with E-state index in [1.807, 2.05) is 0 Å². The second-order valence-electron chi connectivity index (χ2n) is 6.36. The molecular weight excluding hydrogens is 355 g/mol. The summed E-state index contributed by atoms with van der Waals surface area (Å²) >= 11 is 0. The molecule has 1 aliphatic rings. The van der Waals surface area contributed by atoms with Crippen LogP contribution >= 0.6 is 0 Å². The van der Waals surface area contributed by atoms with E-state index in [0.717, 1.165) is 0 Å². The number of esters is 2. The smallest absolute Gasteiger partial charge is 0.323 e. The van der Waals surface area contributed by atoms with Crippen LogP contribution in [0.4, 0.5) is 4.39 Å². The predicted octanol–water partition coefficient (Wildman–Crippen LogP) is 1.43. The topological polar surface area (TPSA) is 84.9 Å². The molecule has 0 bridgehead atoms. The molecule has 2 rings (SSSR count). The van der Waals surface area contributed by atoms with Crippen LogP contribution < -0.4 is 5.32 Å². The van der Waals surface area contributed by atoms with Crippen molar-refractivity contribution in [2.24, 2.45) is 5.92 Å². The van der Waals surface area contributed by atoms with E-state index < -0.39 is 35.8 Å². The lowest BCUT2D eigenvalue weighted by Crippen LogP contribution is -2.37. The summed E-state index contributed by atoms with van der Waals surface area (Å²) in [7, 11) is 2.95. The summed E-state index contributed by atoms with van der Waals surface area (Å²) in [4.78, 5) is 37.9. The maximum absolute atomic E-state index is 14.4. The zero-order valence-corrected chi connectivity index (χ0v) is 15.7. The number of halogens is 1. The average Bonchev–Trinajstić information content (AvgIpc) is 2.99. The van der Waals surface area contributed by atoms with Gasteiger partial charge in [-0.1, -0.05) is 18.2 Å². The van der Waals surface area contributed by atoms with Crippen LogP contribution in [0.25, 0.3) is 0 Å². The lowest BCUT2D eigenvalue weighted by Gasteiger charge is -2.27. The monoisotopic (exact) mass is 380 g/mol. The van der Waals surface area contributed by atoms with Gasteiger partial charge >= 0.3 is 11.9 Å². The Kier molecular flexibility index (Phi) is 7.29. The standard InChI is InChI=1S/C19H25FN2O5/c1-4-27-16(23)9-10-21-18(24)13-11-15(19(25)26-3)22(2)17(13)12-7-5-6-8-14(12)20/h5-8,13,15,17H,4,9-11H2,1-3H3,(H,21,24)/t13-,15-,17-/m0/s1. The minimum Gasteiger partial charge on any atom is -0.468 e. The third-order valence-electron chi connectivity index (χ3n) is 4.76. The molecule has 27 heavy (non-hydrogen) atoms. The molecule has 3 atom stereocenters. The average molecular weight is 380 g/mol. The van der Waals surface area contributed by atoms with Crippen molar-refractivity contribution >= 4 is 17.8 Å². The maximum Gasteiger partial charge on any atom is 0.323 e. The van der Waals surface area contributed by atoms with Crippen LogP contribution in [-0.4, -0.2) is 56.1 Å². The third kappa shape index (κ3) is 4.82. The summed E-state index contributed by atoms with van der Waals surface area (Å²) in [5.41, 5.74) is 0.344. The highest BCUT2D eigenvalue weighted by Crippen LogP contribution is 2.41. The number of amides is 1. The summed E-state index contributed by atoms with van der Waals surface area (Å²) in [5.74, 6) is -2.31.